The molecule has 0 bridgehead atoms. The minimum absolute atomic E-state index is 0.327. The number of carbonyl (C=O) groups is 1. The van der Waals surface area contributed by atoms with Crippen molar-refractivity contribution in [2.75, 3.05) is 0 Å². The Balaban J connectivity index is 2.09. The second kappa shape index (κ2) is 7.57. The maximum Gasteiger partial charge on any atom is 0.253 e. The summed E-state index contributed by atoms with van der Waals surface area (Å²) in [6.45, 7) is 4.23. The molecule has 2 rings (SSSR count). The molecular formula is C19H20N2O2. The first kappa shape index (κ1) is 16.7. The van der Waals surface area contributed by atoms with Crippen LogP contribution in [0.1, 0.15) is 40.8 Å². The van der Waals surface area contributed by atoms with Crippen LogP contribution < -0.4 is 5.32 Å². The number of hydrogen-bond donors (Lipinski definition) is 2. The van der Waals surface area contributed by atoms with Gasteiger partial charge in [-0.15, -0.1) is 0 Å². The lowest BCUT2D eigenvalue weighted by Crippen LogP contribution is -2.29. The van der Waals surface area contributed by atoms with E-state index in [0.717, 1.165) is 23.1 Å². The molecule has 2 aromatic rings. The third kappa shape index (κ3) is 3.97. The van der Waals surface area contributed by atoms with Gasteiger partial charge in [-0.25, -0.2) is 0 Å². The van der Waals surface area contributed by atoms with Gasteiger partial charge in [-0.2, -0.15) is 5.26 Å². The molecule has 4 heteroatoms. The number of benzene rings is 2. The highest BCUT2D eigenvalue weighted by Gasteiger charge is 2.17. The van der Waals surface area contributed by atoms with Crippen LogP contribution in [0.3, 0.4) is 0 Å². The largest absolute Gasteiger partial charge is 0.378 e. The van der Waals surface area contributed by atoms with Gasteiger partial charge in [0.15, 0.2) is 6.10 Å². The first-order valence-electron chi connectivity index (χ1n) is 7.60. The average Bonchev–Trinajstić information content (AvgIpc) is 2.60. The molecule has 0 aliphatic carbocycles. The summed E-state index contributed by atoms with van der Waals surface area (Å²) in [7, 11) is 0. The SMILES string of the molecule is CCc1cc(CNC(=O)C(O)c2ccccc2)c(C)cc1C#N. The minimum atomic E-state index is -1.18. The fraction of sp³-hybridized carbons (Fsp3) is 0.263. The van der Waals surface area contributed by atoms with E-state index in [4.69, 9.17) is 5.26 Å². The molecular weight excluding hydrogens is 288 g/mol. The molecule has 1 unspecified atom stereocenters. The van der Waals surface area contributed by atoms with Gasteiger partial charge in [-0.1, -0.05) is 43.3 Å². The number of nitriles is 1. The maximum atomic E-state index is 12.1. The highest BCUT2D eigenvalue weighted by atomic mass is 16.3. The summed E-state index contributed by atoms with van der Waals surface area (Å²) in [5.41, 5.74) is 4.11. The quantitative estimate of drug-likeness (QED) is 0.892. The Morgan fingerprint density at radius 2 is 1.96 bits per heavy atom. The monoisotopic (exact) mass is 308 g/mol. The fourth-order valence-corrected chi connectivity index (χ4v) is 2.46. The Hall–Kier alpha value is -2.64. The number of rotatable bonds is 5. The molecule has 0 heterocycles. The minimum Gasteiger partial charge on any atom is -0.378 e. The zero-order valence-corrected chi connectivity index (χ0v) is 13.3. The van der Waals surface area contributed by atoms with E-state index in [1.165, 1.54) is 0 Å². The summed E-state index contributed by atoms with van der Waals surface area (Å²) in [4.78, 5) is 12.1. The molecule has 0 spiro atoms. The van der Waals surface area contributed by atoms with Crippen LogP contribution in [0.25, 0.3) is 0 Å². The van der Waals surface area contributed by atoms with E-state index in [0.29, 0.717) is 17.7 Å². The summed E-state index contributed by atoms with van der Waals surface area (Å²) in [5.74, 6) is -0.432. The van der Waals surface area contributed by atoms with Crippen LogP contribution in [0.4, 0.5) is 0 Å². The van der Waals surface area contributed by atoms with Crippen LogP contribution in [0.2, 0.25) is 0 Å². The number of aliphatic hydroxyl groups is 1. The molecule has 0 saturated carbocycles. The van der Waals surface area contributed by atoms with Crippen molar-refractivity contribution in [2.24, 2.45) is 0 Å². The van der Waals surface area contributed by atoms with Gasteiger partial charge in [-0.05, 0) is 41.7 Å². The second-order valence-electron chi connectivity index (χ2n) is 5.43. The average molecular weight is 308 g/mol. The first-order valence-corrected chi connectivity index (χ1v) is 7.60. The summed E-state index contributed by atoms with van der Waals surface area (Å²) < 4.78 is 0. The second-order valence-corrected chi connectivity index (χ2v) is 5.43. The van der Waals surface area contributed by atoms with Crippen molar-refractivity contribution >= 4 is 5.91 Å². The van der Waals surface area contributed by atoms with Gasteiger partial charge in [-0.3, -0.25) is 4.79 Å². The Kier molecular flexibility index (Phi) is 5.51. The lowest BCUT2D eigenvalue weighted by Gasteiger charge is -2.14. The fourth-order valence-electron chi connectivity index (χ4n) is 2.46. The van der Waals surface area contributed by atoms with E-state index in [2.05, 4.69) is 11.4 Å². The predicted molar refractivity (Wildman–Crippen MR) is 88.5 cm³/mol. The third-order valence-corrected chi connectivity index (χ3v) is 3.88. The van der Waals surface area contributed by atoms with Gasteiger partial charge in [0.2, 0.25) is 0 Å². The molecule has 1 atom stereocenters. The number of hydrogen-bond acceptors (Lipinski definition) is 3. The van der Waals surface area contributed by atoms with E-state index in [1.54, 1.807) is 24.3 Å². The van der Waals surface area contributed by atoms with Gasteiger partial charge in [0.05, 0.1) is 11.6 Å². The van der Waals surface area contributed by atoms with Crippen molar-refractivity contribution in [3.63, 3.8) is 0 Å². The molecule has 0 saturated heterocycles. The number of aliphatic hydroxyl groups excluding tert-OH is 1. The molecule has 0 radical (unpaired) electrons. The van der Waals surface area contributed by atoms with E-state index in [1.807, 2.05) is 32.0 Å². The summed E-state index contributed by atoms with van der Waals surface area (Å²) >= 11 is 0. The summed E-state index contributed by atoms with van der Waals surface area (Å²) in [6.07, 6.45) is -0.419. The highest BCUT2D eigenvalue weighted by molar-refractivity contribution is 5.81. The van der Waals surface area contributed by atoms with Crippen molar-refractivity contribution in [3.05, 3.63) is 70.3 Å². The van der Waals surface area contributed by atoms with Crippen molar-refractivity contribution in [2.45, 2.75) is 32.9 Å². The summed E-state index contributed by atoms with van der Waals surface area (Å²) in [6, 6.07) is 14.8. The molecule has 2 N–H and O–H groups in total. The van der Waals surface area contributed by atoms with Gasteiger partial charge in [0.25, 0.3) is 5.91 Å². The number of carbonyl (C=O) groups excluding carboxylic acids is 1. The molecule has 0 aromatic heterocycles. The highest BCUT2D eigenvalue weighted by Crippen LogP contribution is 2.18. The molecule has 1 amide bonds. The third-order valence-electron chi connectivity index (χ3n) is 3.88. The van der Waals surface area contributed by atoms with E-state index in [9.17, 15) is 9.90 Å². The predicted octanol–water partition coefficient (Wildman–Crippen LogP) is 2.78. The van der Waals surface area contributed by atoms with Crippen LogP contribution in [0.5, 0.6) is 0 Å². The van der Waals surface area contributed by atoms with Crippen molar-refractivity contribution < 1.29 is 9.90 Å². The lowest BCUT2D eigenvalue weighted by atomic mass is 9.98. The number of amides is 1. The van der Waals surface area contributed by atoms with E-state index < -0.39 is 12.0 Å². The smallest absolute Gasteiger partial charge is 0.253 e. The lowest BCUT2D eigenvalue weighted by molar-refractivity contribution is -0.129. The molecule has 118 valence electrons. The van der Waals surface area contributed by atoms with Crippen LogP contribution in [-0.2, 0) is 17.8 Å². The van der Waals surface area contributed by atoms with Gasteiger partial charge >= 0.3 is 0 Å². The molecule has 0 fully saturated rings. The molecule has 2 aromatic carbocycles. The number of aryl methyl sites for hydroxylation is 2. The van der Waals surface area contributed by atoms with Gasteiger partial charge in [0.1, 0.15) is 0 Å². The Morgan fingerprint density at radius 3 is 2.57 bits per heavy atom. The number of nitrogens with zero attached hydrogens (tertiary/aromatic N) is 1. The maximum absolute atomic E-state index is 12.1. The Labute approximate surface area is 136 Å². The number of nitrogens with one attached hydrogen (secondary N) is 1. The van der Waals surface area contributed by atoms with Crippen molar-refractivity contribution in [1.82, 2.24) is 5.32 Å². The molecule has 4 nitrogen and oxygen atoms in total. The van der Waals surface area contributed by atoms with Crippen LogP contribution in [0, 0.1) is 18.3 Å². The molecule has 0 aliphatic heterocycles. The molecule has 23 heavy (non-hydrogen) atoms. The normalized spacial score (nSPS) is 11.6. The topological polar surface area (TPSA) is 73.1 Å². The zero-order chi connectivity index (χ0) is 16.8. The Bertz CT molecular complexity index is 733. The van der Waals surface area contributed by atoms with Crippen molar-refractivity contribution in [3.8, 4) is 6.07 Å². The van der Waals surface area contributed by atoms with Crippen LogP contribution in [-0.4, -0.2) is 11.0 Å². The van der Waals surface area contributed by atoms with Gasteiger partial charge in [0, 0.05) is 6.54 Å². The standard InChI is InChI=1S/C19H20N2O2/c1-3-14-10-17(13(2)9-16(14)11-20)12-21-19(23)18(22)15-7-5-4-6-8-15/h4-10,18,22H,3,12H2,1-2H3,(H,21,23). The first-order chi connectivity index (χ1) is 11.1. The van der Waals surface area contributed by atoms with Gasteiger partial charge < -0.3 is 10.4 Å². The van der Waals surface area contributed by atoms with Crippen LogP contribution >= 0.6 is 0 Å². The Morgan fingerprint density at radius 1 is 1.26 bits per heavy atom. The van der Waals surface area contributed by atoms with E-state index >= 15 is 0 Å². The van der Waals surface area contributed by atoms with E-state index in [-0.39, 0.29) is 0 Å². The summed E-state index contributed by atoms with van der Waals surface area (Å²) in [5, 5.41) is 21.9. The van der Waals surface area contributed by atoms with Crippen molar-refractivity contribution in [1.29, 1.82) is 5.26 Å². The molecule has 0 aliphatic rings. The van der Waals surface area contributed by atoms with Crippen LogP contribution in [0.15, 0.2) is 42.5 Å². The zero-order valence-electron chi connectivity index (χ0n) is 13.3.